The number of aromatic amines is 1. The Kier molecular flexibility index (Phi) is 7.43. The molecule has 178 valence electrons. The summed E-state index contributed by atoms with van der Waals surface area (Å²) in [5.74, 6) is -0.253. The minimum absolute atomic E-state index is 0.0700. The van der Waals surface area contributed by atoms with Gasteiger partial charge >= 0.3 is 5.69 Å². The number of unbranched alkanes of at least 4 members (excludes halogenated alkanes) is 3. The molecule has 11 heteroatoms. The number of rotatable bonds is 10. The second-order valence-electron chi connectivity index (χ2n) is 8.09. The highest BCUT2D eigenvalue weighted by Gasteiger charge is 2.26. The van der Waals surface area contributed by atoms with Crippen LogP contribution in [0.4, 0.5) is 0 Å². The molecule has 0 radical (unpaired) electrons. The van der Waals surface area contributed by atoms with Gasteiger partial charge in [-0.2, -0.15) is 10.1 Å². The van der Waals surface area contributed by atoms with E-state index in [9.17, 15) is 14.4 Å². The van der Waals surface area contributed by atoms with Crippen molar-refractivity contribution in [2.24, 2.45) is 10.2 Å². The zero-order chi connectivity index (χ0) is 24.2. The lowest BCUT2D eigenvalue weighted by Gasteiger charge is -2.11. The number of carbonyl (C=O) groups excluding carboxylic acids is 1. The molecular weight excluding hydrogens is 479 g/mol. The Morgan fingerprint density at radius 2 is 1.68 bits per heavy atom. The summed E-state index contributed by atoms with van der Waals surface area (Å²) in [5, 5.41) is 8.56. The number of hydrogen-bond donors (Lipinski definition) is 1. The molecule has 2 aromatic heterocycles. The molecule has 3 heterocycles. The lowest BCUT2D eigenvalue weighted by atomic mass is 10.0. The Hall–Kier alpha value is -3.04. The Labute approximate surface area is 205 Å². The van der Waals surface area contributed by atoms with Crippen LogP contribution in [0.25, 0.3) is 11.2 Å². The third kappa shape index (κ3) is 4.76. The number of aryl methyl sites for hydroxylation is 1. The number of nitrogens with zero attached hydrogens (tertiary/aromatic N) is 5. The molecule has 0 unspecified atom stereocenters. The number of nitrogens with one attached hydrogen (secondary N) is 1. The van der Waals surface area contributed by atoms with Crippen LogP contribution in [-0.4, -0.2) is 36.3 Å². The number of benzene rings is 1. The van der Waals surface area contributed by atoms with Gasteiger partial charge in [0.05, 0.1) is 5.02 Å². The van der Waals surface area contributed by atoms with E-state index in [4.69, 9.17) is 23.2 Å². The van der Waals surface area contributed by atoms with Gasteiger partial charge in [0.25, 0.3) is 5.56 Å². The number of carbonyl (C=O) groups is 1. The summed E-state index contributed by atoms with van der Waals surface area (Å²) in [5.41, 5.74) is 0.759. The smallest absolute Gasteiger partial charge is 0.323 e. The summed E-state index contributed by atoms with van der Waals surface area (Å²) in [6.45, 7) is 2.74. The number of halogens is 2. The fourth-order valence-electron chi connectivity index (χ4n) is 3.95. The Balaban J connectivity index is 1.43. The quantitative estimate of drug-likeness (QED) is 0.333. The van der Waals surface area contributed by atoms with Crippen molar-refractivity contribution in [2.45, 2.75) is 58.5 Å². The molecule has 3 aromatic rings. The van der Waals surface area contributed by atoms with Gasteiger partial charge in [-0.05, 0) is 43.4 Å². The van der Waals surface area contributed by atoms with Gasteiger partial charge in [-0.1, -0.05) is 49.6 Å². The van der Waals surface area contributed by atoms with E-state index in [2.05, 4.69) is 27.1 Å². The summed E-state index contributed by atoms with van der Waals surface area (Å²) >= 11 is 12.2. The number of ketones is 1. The van der Waals surface area contributed by atoms with Crippen LogP contribution < -0.4 is 11.2 Å². The number of hydrogen-bond acceptors (Lipinski definition) is 6. The summed E-state index contributed by atoms with van der Waals surface area (Å²) in [6.07, 6.45) is 4.20. The molecular formula is C23H24Cl2N6O3. The summed E-state index contributed by atoms with van der Waals surface area (Å²) in [7, 11) is 0. The Morgan fingerprint density at radius 1 is 0.941 bits per heavy atom. The van der Waals surface area contributed by atoms with Gasteiger partial charge in [0, 0.05) is 18.7 Å². The van der Waals surface area contributed by atoms with Crippen LogP contribution in [0, 0.1) is 0 Å². The third-order valence-corrected chi connectivity index (χ3v) is 6.25. The van der Waals surface area contributed by atoms with Gasteiger partial charge in [-0.25, -0.2) is 4.79 Å². The van der Waals surface area contributed by atoms with E-state index in [1.54, 1.807) is 24.3 Å². The Bertz CT molecular complexity index is 1420. The molecule has 0 saturated carbocycles. The first kappa shape index (κ1) is 24.1. The zero-order valence-corrected chi connectivity index (χ0v) is 20.2. The molecule has 9 nitrogen and oxygen atoms in total. The van der Waals surface area contributed by atoms with E-state index in [1.807, 2.05) is 0 Å². The third-order valence-electron chi connectivity index (χ3n) is 5.74. The molecule has 1 aliphatic heterocycles. The molecule has 4 rings (SSSR count). The highest BCUT2D eigenvalue weighted by Crippen LogP contribution is 2.20. The van der Waals surface area contributed by atoms with Gasteiger partial charge < -0.3 is 4.98 Å². The number of imidazole rings is 1. The second kappa shape index (κ2) is 10.5. The van der Waals surface area contributed by atoms with E-state index in [0.29, 0.717) is 42.1 Å². The molecule has 0 fully saturated rings. The SMILES string of the molecule is CCCCCn1c(=O)n(CCCCC2=NN=C(c3ccccc3Cl)C2=O)c(=O)c2[nH]c(Cl)nc21. The average Bonchev–Trinajstić information content (AvgIpc) is 3.38. The van der Waals surface area contributed by atoms with Crippen molar-refractivity contribution in [2.75, 3.05) is 0 Å². The summed E-state index contributed by atoms with van der Waals surface area (Å²) in [4.78, 5) is 45.5. The van der Waals surface area contributed by atoms with Crippen molar-refractivity contribution in [3.05, 3.63) is 61.0 Å². The molecule has 0 spiro atoms. The fraction of sp³-hybridized carbons (Fsp3) is 0.391. The Morgan fingerprint density at radius 3 is 2.44 bits per heavy atom. The van der Waals surface area contributed by atoms with Gasteiger partial charge in [-0.3, -0.25) is 18.7 Å². The first-order valence-electron chi connectivity index (χ1n) is 11.2. The summed E-state index contributed by atoms with van der Waals surface area (Å²) < 4.78 is 2.70. The van der Waals surface area contributed by atoms with Crippen molar-refractivity contribution in [3.63, 3.8) is 0 Å². The normalized spacial score (nSPS) is 13.6. The maximum absolute atomic E-state index is 13.1. The van der Waals surface area contributed by atoms with Crippen LogP contribution >= 0.6 is 23.2 Å². The van der Waals surface area contributed by atoms with E-state index in [1.165, 1.54) is 9.13 Å². The van der Waals surface area contributed by atoms with Crippen LogP contribution in [0.3, 0.4) is 0 Å². The highest BCUT2D eigenvalue weighted by molar-refractivity contribution is 6.71. The van der Waals surface area contributed by atoms with Crippen molar-refractivity contribution < 1.29 is 4.79 Å². The average molecular weight is 503 g/mol. The van der Waals surface area contributed by atoms with Crippen LogP contribution in [0.5, 0.6) is 0 Å². The molecule has 34 heavy (non-hydrogen) atoms. The maximum atomic E-state index is 13.1. The molecule has 0 aliphatic carbocycles. The molecule has 0 amide bonds. The molecule has 0 bridgehead atoms. The monoisotopic (exact) mass is 502 g/mol. The van der Waals surface area contributed by atoms with Crippen molar-refractivity contribution in [1.82, 2.24) is 19.1 Å². The predicted molar refractivity (Wildman–Crippen MR) is 133 cm³/mol. The maximum Gasteiger partial charge on any atom is 0.332 e. The minimum Gasteiger partial charge on any atom is -0.323 e. The van der Waals surface area contributed by atoms with Crippen molar-refractivity contribution in [1.29, 1.82) is 0 Å². The second-order valence-corrected chi connectivity index (χ2v) is 8.85. The van der Waals surface area contributed by atoms with Crippen molar-refractivity contribution in [3.8, 4) is 0 Å². The number of H-pyrrole nitrogens is 1. The van der Waals surface area contributed by atoms with Gasteiger partial charge in [-0.15, -0.1) is 5.10 Å². The molecule has 0 saturated heterocycles. The molecule has 1 N–H and O–H groups in total. The number of fused-ring (bicyclic) bond motifs is 1. The fourth-order valence-corrected chi connectivity index (χ4v) is 4.35. The van der Waals surface area contributed by atoms with E-state index in [0.717, 1.165) is 19.3 Å². The standard InChI is InChI=1S/C23H24Cl2N6O3/c1-2-3-7-12-30-20-18(26-22(25)27-20)21(33)31(23(30)34)13-8-6-11-16-19(32)17(29-28-16)14-9-4-5-10-15(14)24/h4-5,9-10H,2-3,6-8,11-13H2,1H3,(H,26,27). The van der Waals surface area contributed by atoms with Gasteiger partial charge in [0.2, 0.25) is 11.1 Å². The van der Waals surface area contributed by atoms with Crippen LogP contribution in [0.15, 0.2) is 44.1 Å². The van der Waals surface area contributed by atoms with Crippen LogP contribution in [-0.2, 0) is 17.9 Å². The van der Waals surface area contributed by atoms with Crippen molar-refractivity contribution >= 4 is 51.6 Å². The minimum atomic E-state index is -0.454. The molecule has 1 aromatic carbocycles. The van der Waals surface area contributed by atoms with Gasteiger partial charge in [0.15, 0.2) is 11.2 Å². The van der Waals surface area contributed by atoms with Crippen LogP contribution in [0.1, 0.15) is 51.0 Å². The number of Topliss-reactive ketones (excluding diaryl/α,β-unsaturated/α-hetero) is 1. The molecule has 1 aliphatic rings. The predicted octanol–water partition coefficient (Wildman–Crippen LogP) is 3.98. The first-order valence-corrected chi connectivity index (χ1v) is 12.0. The highest BCUT2D eigenvalue weighted by atomic mass is 35.5. The lowest BCUT2D eigenvalue weighted by Crippen LogP contribution is -2.40. The van der Waals surface area contributed by atoms with E-state index >= 15 is 0 Å². The molecule has 0 atom stereocenters. The largest absolute Gasteiger partial charge is 0.332 e. The topological polar surface area (TPSA) is 114 Å². The van der Waals surface area contributed by atoms with E-state index in [-0.39, 0.29) is 34.5 Å². The first-order chi connectivity index (χ1) is 16.4. The van der Waals surface area contributed by atoms with Gasteiger partial charge in [0.1, 0.15) is 11.4 Å². The lowest BCUT2D eigenvalue weighted by molar-refractivity contribution is -0.107. The zero-order valence-electron chi connectivity index (χ0n) is 18.7. The van der Waals surface area contributed by atoms with E-state index < -0.39 is 11.2 Å². The number of aromatic nitrogens is 4. The summed E-state index contributed by atoms with van der Waals surface area (Å²) in [6, 6.07) is 6.99. The van der Waals surface area contributed by atoms with Crippen LogP contribution in [0.2, 0.25) is 10.3 Å².